The van der Waals surface area contributed by atoms with Crippen molar-refractivity contribution in [2.45, 2.75) is 58.7 Å². The van der Waals surface area contributed by atoms with Crippen molar-refractivity contribution in [2.75, 3.05) is 18.0 Å². The Kier molecular flexibility index (Phi) is 6.62. The van der Waals surface area contributed by atoms with Gasteiger partial charge < -0.3 is 9.47 Å². The molecule has 0 saturated carbocycles. The van der Waals surface area contributed by atoms with Gasteiger partial charge in [-0.2, -0.15) is 5.10 Å². The van der Waals surface area contributed by atoms with Crippen molar-refractivity contribution >= 4 is 37.3 Å². The van der Waals surface area contributed by atoms with Crippen LogP contribution in [0.4, 0.5) is 5.69 Å². The summed E-state index contributed by atoms with van der Waals surface area (Å²) in [7, 11) is -1.95. The number of carbonyl (C=O) groups excluding carboxylic acids is 2. The molecule has 0 aromatic carbocycles. The van der Waals surface area contributed by atoms with E-state index in [9.17, 15) is 9.59 Å². The zero-order valence-electron chi connectivity index (χ0n) is 19.2. The molecule has 1 aliphatic rings. The molecule has 3 rings (SSSR count). The number of hydrogen-bond acceptors (Lipinski definition) is 4. The molecule has 0 spiro atoms. The second-order valence-electron chi connectivity index (χ2n) is 9.59. The van der Waals surface area contributed by atoms with Gasteiger partial charge in [0.05, 0.1) is 18.1 Å². The number of nitrogens with zero attached hydrogens (tertiary/aromatic N) is 5. The minimum atomic E-state index is -1.95. The normalized spacial score (nSPS) is 17.3. The Morgan fingerprint density at radius 2 is 2.06 bits per heavy atom. The topological polar surface area (TPSA) is 71.3 Å². The van der Waals surface area contributed by atoms with Gasteiger partial charge in [0.1, 0.15) is 5.69 Å². The van der Waals surface area contributed by atoms with Crippen molar-refractivity contribution in [3.8, 4) is 5.69 Å². The lowest BCUT2D eigenvalue weighted by Gasteiger charge is -2.44. The molecule has 1 saturated heterocycles. The first kappa shape index (κ1) is 23.5. The summed E-state index contributed by atoms with van der Waals surface area (Å²) in [5, 5.41) is 4.65. The van der Waals surface area contributed by atoms with Crippen LogP contribution < -0.4 is 4.90 Å². The molecule has 1 unspecified atom stereocenters. The Morgan fingerprint density at radius 3 is 2.65 bits per heavy atom. The summed E-state index contributed by atoms with van der Waals surface area (Å²) in [4.78, 5) is 32.1. The first-order chi connectivity index (χ1) is 14.5. The SMILES string of the molecule is CCN(C(=O)CC1CCN([Si](C)(C)C(C)(C)C)C1=O)c1cn(-c2cccnc2)nc1Cl. The average Bonchev–Trinajstić information content (AvgIpc) is 3.26. The predicted octanol–water partition coefficient (Wildman–Crippen LogP) is 4.52. The van der Waals surface area contributed by atoms with Gasteiger partial charge in [-0.25, -0.2) is 4.68 Å². The van der Waals surface area contributed by atoms with Crippen LogP contribution in [0.3, 0.4) is 0 Å². The molecule has 2 aromatic rings. The van der Waals surface area contributed by atoms with Crippen molar-refractivity contribution in [3.05, 3.63) is 35.9 Å². The Morgan fingerprint density at radius 1 is 1.35 bits per heavy atom. The lowest BCUT2D eigenvalue weighted by Crippen LogP contribution is -2.56. The third-order valence-electron chi connectivity index (χ3n) is 6.72. The first-order valence-corrected chi connectivity index (χ1v) is 14.1. The molecule has 1 fully saturated rings. The molecule has 1 aliphatic heterocycles. The van der Waals surface area contributed by atoms with Gasteiger partial charge in [-0.05, 0) is 30.5 Å². The smallest absolute Gasteiger partial charge is 0.227 e. The van der Waals surface area contributed by atoms with Crippen LogP contribution in [0.1, 0.15) is 40.5 Å². The largest absolute Gasteiger partial charge is 0.369 e. The molecule has 0 aliphatic carbocycles. The van der Waals surface area contributed by atoms with E-state index in [4.69, 9.17) is 11.6 Å². The van der Waals surface area contributed by atoms with E-state index in [2.05, 4.69) is 48.5 Å². The Labute approximate surface area is 190 Å². The van der Waals surface area contributed by atoms with Crippen molar-refractivity contribution < 1.29 is 9.59 Å². The van der Waals surface area contributed by atoms with E-state index < -0.39 is 8.24 Å². The molecule has 0 radical (unpaired) electrons. The van der Waals surface area contributed by atoms with Crippen LogP contribution in [-0.2, 0) is 9.59 Å². The van der Waals surface area contributed by atoms with Gasteiger partial charge in [-0.3, -0.25) is 14.6 Å². The second-order valence-corrected chi connectivity index (χ2v) is 15.1. The number of anilines is 1. The van der Waals surface area contributed by atoms with Crippen LogP contribution in [-0.4, -0.2) is 52.5 Å². The van der Waals surface area contributed by atoms with Gasteiger partial charge in [0.25, 0.3) is 0 Å². The maximum atomic E-state index is 13.2. The number of carbonyl (C=O) groups is 2. The number of rotatable bonds is 6. The van der Waals surface area contributed by atoms with Crippen LogP contribution >= 0.6 is 11.6 Å². The van der Waals surface area contributed by atoms with E-state index in [0.29, 0.717) is 12.2 Å². The van der Waals surface area contributed by atoms with Gasteiger partial charge in [0.15, 0.2) is 13.4 Å². The highest BCUT2D eigenvalue weighted by Gasteiger charge is 2.48. The molecule has 0 bridgehead atoms. The maximum absolute atomic E-state index is 13.2. The standard InChI is InChI=1S/C22H32ClN5O2Si/c1-7-26(18-15-27(25-20(18)23)17-9-8-11-24-14-17)19(29)13-16-10-12-28(21(16)30)31(5,6)22(2,3)4/h8-9,11,14-16H,7,10,12-13H2,1-6H3. The van der Waals surface area contributed by atoms with E-state index in [1.807, 2.05) is 19.1 Å². The summed E-state index contributed by atoms with van der Waals surface area (Å²) in [5.41, 5.74) is 1.31. The summed E-state index contributed by atoms with van der Waals surface area (Å²) >= 11 is 6.38. The van der Waals surface area contributed by atoms with E-state index in [-0.39, 0.29) is 34.3 Å². The van der Waals surface area contributed by atoms with Gasteiger partial charge in [-0.1, -0.05) is 45.5 Å². The molecule has 9 heteroatoms. The number of amides is 2. The van der Waals surface area contributed by atoms with Crippen molar-refractivity contribution in [1.29, 1.82) is 0 Å². The monoisotopic (exact) mass is 461 g/mol. The summed E-state index contributed by atoms with van der Waals surface area (Å²) in [6, 6.07) is 3.68. The second kappa shape index (κ2) is 8.74. The first-order valence-electron chi connectivity index (χ1n) is 10.7. The molecular formula is C22H32ClN5O2Si. The quantitative estimate of drug-likeness (QED) is 0.593. The fourth-order valence-corrected chi connectivity index (χ4v) is 6.30. The molecule has 3 heterocycles. The van der Waals surface area contributed by atoms with Crippen LogP contribution in [0.15, 0.2) is 30.7 Å². The average molecular weight is 462 g/mol. The Bertz CT molecular complexity index is 955. The highest BCUT2D eigenvalue weighted by Crippen LogP contribution is 2.41. The summed E-state index contributed by atoms with van der Waals surface area (Å²) in [6.07, 6.45) is 6.00. The van der Waals surface area contributed by atoms with Crippen molar-refractivity contribution in [1.82, 2.24) is 19.3 Å². The van der Waals surface area contributed by atoms with Crippen molar-refractivity contribution in [2.24, 2.45) is 5.92 Å². The molecule has 2 aromatic heterocycles. The molecule has 1 atom stereocenters. The zero-order chi connectivity index (χ0) is 23.0. The van der Waals surface area contributed by atoms with E-state index in [1.165, 1.54) is 0 Å². The fraction of sp³-hybridized carbons (Fsp3) is 0.545. The van der Waals surface area contributed by atoms with Crippen molar-refractivity contribution in [3.63, 3.8) is 0 Å². The molecule has 0 N–H and O–H groups in total. The van der Waals surface area contributed by atoms with Gasteiger partial charge in [0, 0.05) is 31.6 Å². The molecule has 2 amide bonds. The minimum Gasteiger partial charge on any atom is -0.369 e. The Balaban J connectivity index is 1.76. The molecule has 7 nitrogen and oxygen atoms in total. The molecule has 168 valence electrons. The lowest BCUT2D eigenvalue weighted by atomic mass is 10.0. The highest BCUT2D eigenvalue weighted by atomic mass is 35.5. The lowest BCUT2D eigenvalue weighted by molar-refractivity contribution is -0.130. The van der Waals surface area contributed by atoms with Gasteiger partial charge in [-0.15, -0.1) is 0 Å². The Hall–Kier alpha value is -2.19. The fourth-order valence-electron chi connectivity index (χ4n) is 3.84. The molecular weight excluding hydrogens is 430 g/mol. The summed E-state index contributed by atoms with van der Waals surface area (Å²) < 4.78 is 3.69. The van der Waals surface area contributed by atoms with E-state index >= 15 is 0 Å². The number of aromatic nitrogens is 3. The third kappa shape index (κ3) is 4.55. The van der Waals surface area contributed by atoms with Crippen LogP contribution in [0, 0.1) is 5.92 Å². The maximum Gasteiger partial charge on any atom is 0.227 e. The number of halogens is 1. The highest BCUT2D eigenvalue weighted by molar-refractivity contribution is 6.79. The molecule has 31 heavy (non-hydrogen) atoms. The van der Waals surface area contributed by atoms with E-state index in [0.717, 1.165) is 18.7 Å². The van der Waals surface area contributed by atoms with Crippen LogP contribution in [0.25, 0.3) is 5.69 Å². The predicted molar refractivity (Wildman–Crippen MR) is 126 cm³/mol. The van der Waals surface area contributed by atoms with Crippen LogP contribution in [0.5, 0.6) is 0 Å². The van der Waals surface area contributed by atoms with Crippen LogP contribution in [0.2, 0.25) is 23.3 Å². The zero-order valence-corrected chi connectivity index (χ0v) is 21.0. The van der Waals surface area contributed by atoms with Gasteiger partial charge in [0.2, 0.25) is 11.8 Å². The van der Waals surface area contributed by atoms with Gasteiger partial charge >= 0.3 is 0 Å². The number of pyridine rings is 1. The van der Waals surface area contributed by atoms with E-state index in [1.54, 1.807) is 28.2 Å². The summed E-state index contributed by atoms with van der Waals surface area (Å²) in [6.45, 7) is 14.2. The minimum absolute atomic E-state index is 0.0748. The summed E-state index contributed by atoms with van der Waals surface area (Å²) in [5.74, 6) is -0.262. The number of hydrogen-bond donors (Lipinski definition) is 0. The third-order valence-corrected chi connectivity index (χ3v) is 12.5.